The molecule has 0 unspecified atom stereocenters. The molecule has 154 valence electrons. The summed E-state index contributed by atoms with van der Waals surface area (Å²) in [6.45, 7) is 4.06. The van der Waals surface area contributed by atoms with Gasteiger partial charge in [-0.2, -0.15) is 0 Å². The Morgan fingerprint density at radius 1 is 0.889 bits per heavy atom. The van der Waals surface area contributed by atoms with Crippen molar-refractivity contribution in [2.24, 2.45) is 0 Å². The molecule has 0 bridgehead atoms. The van der Waals surface area contributed by atoms with Crippen molar-refractivity contribution in [3.63, 3.8) is 0 Å². The van der Waals surface area contributed by atoms with Crippen LogP contribution in [0.3, 0.4) is 0 Å². The molecule has 0 aromatic heterocycles. The van der Waals surface area contributed by atoms with Crippen LogP contribution >= 0.6 is 0 Å². The lowest BCUT2D eigenvalue weighted by atomic mass is 10.0. The first-order chi connectivity index (χ1) is 12.5. The minimum atomic E-state index is -0.216. The van der Waals surface area contributed by atoms with Crippen molar-refractivity contribution < 1.29 is 42.2 Å². The third kappa shape index (κ3) is 6.47. The van der Waals surface area contributed by atoms with Crippen LogP contribution in [0.15, 0.2) is 24.3 Å². The van der Waals surface area contributed by atoms with Crippen molar-refractivity contribution in [1.29, 1.82) is 0 Å². The summed E-state index contributed by atoms with van der Waals surface area (Å²) in [5.74, 6) is 0.798. The molecule has 0 aliphatic rings. The van der Waals surface area contributed by atoms with Crippen molar-refractivity contribution in [1.82, 2.24) is 0 Å². The maximum absolute atomic E-state index is 10.1. The van der Waals surface area contributed by atoms with Crippen LogP contribution in [-0.2, 0) is 31.2 Å². The Morgan fingerprint density at radius 3 is 2.04 bits per heavy atom. The lowest BCUT2D eigenvalue weighted by Gasteiger charge is -2.15. The molecule has 0 saturated heterocycles. The van der Waals surface area contributed by atoms with E-state index in [1.807, 2.05) is 32.0 Å². The highest BCUT2D eigenvalue weighted by molar-refractivity contribution is 5.44. The number of ether oxygens (including phenoxy) is 2. The number of aryl methyl sites for hydroxylation is 2. The fraction of sp³-hybridized carbons (Fsp3) is 0.368. The van der Waals surface area contributed by atoms with Crippen molar-refractivity contribution in [3.8, 4) is 11.5 Å². The highest BCUT2D eigenvalue weighted by atomic mass is 17.0. The van der Waals surface area contributed by atoms with Gasteiger partial charge >= 0.3 is 0 Å². The number of hydrogen-bond acceptors (Lipinski definition) is 7. The van der Waals surface area contributed by atoms with Gasteiger partial charge in [0.1, 0.15) is 11.5 Å². The molecule has 8 nitrogen and oxygen atoms in total. The number of aromatic hydroxyl groups is 1. The van der Waals surface area contributed by atoms with Crippen molar-refractivity contribution in [2.75, 3.05) is 7.11 Å². The lowest BCUT2D eigenvalue weighted by molar-refractivity contribution is -0.176. The third-order valence-corrected chi connectivity index (χ3v) is 3.90. The van der Waals surface area contributed by atoms with E-state index in [2.05, 4.69) is 0 Å². The van der Waals surface area contributed by atoms with E-state index in [1.54, 1.807) is 13.2 Å². The number of methoxy groups -OCH3 is 1. The molecule has 0 amide bonds. The van der Waals surface area contributed by atoms with Crippen LogP contribution in [0.2, 0.25) is 0 Å². The summed E-state index contributed by atoms with van der Waals surface area (Å²) in [6.07, 6.45) is 0. The average molecular weight is 387 g/mol. The van der Waals surface area contributed by atoms with E-state index < -0.39 is 0 Å². The van der Waals surface area contributed by atoms with E-state index >= 15 is 0 Å². The maximum Gasteiger partial charge on any atom is 0.127 e. The number of phenols is 1. The summed E-state index contributed by atoms with van der Waals surface area (Å²) in [5.41, 5.74) is 4.65. The van der Waals surface area contributed by atoms with Gasteiger partial charge < -0.3 is 30.3 Å². The summed E-state index contributed by atoms with van der Waals surface area (Å²) < 4.78 is 11.1. The fourth-order valence-electron chi connectivity index (χ4n) is 2.85. The van der Waals surface area contributed by atoms with E-state index in [1.165, 1.54) is 0 Å². The first-order valence-electron chi connectivity index (χ1n) is 7.97. The van der Waals surface area contributed by atoms with E-state index in [9.17, 15) is 15.3 Å². The van der Waals surface area contributed by atoms with Gasteiger partial charge in [-0.3, -0.25) is 10.5 Å². The Labute approximate surface area is 159 Å². The largest absolute Gasteiger partial charge is 0.507 e. The van der Waals surface area contributed by atoms with E-state index in [4.69, 9.17) is 20.0 Å². The summed E-state index contributed by atoms with van der Waals surface area (Å²) >= 11 is 0. The Balaban J connectivity index is 0. The van der Waals surface area contributed by atoms with Crippen LogP contribution in [0.4, 0.5) is 0 Å². The second-order valence-corrected chi connectivity index (χ2v) is 5.85. The zero-order chi connectivity index (χ0) is 19.7. The van der Waals surface area contributed by atoms with Gasteiger partial charge in [-0.05, 0) is 31.0 Å². The Hall–Kier alpha value is -2.20. The van der Waals surface area contributed by atoms with E-state index in [0.717, 1.165) is 28.0 Å². The zero-order valence-electron chi connectivity index (χ0n) is 15.7. The Bertz CT molecular complexity index is 722. The molecule has 0 atom stereocenters. The van der Waals surface area contributed by atoms with Gasteiger partial charge in [0, 0.05) is 18.1 Å². The molecule has 0 radical (unpaired) electrons. The van der Waals surface area contributed by atoms with Gasteiger partial charge in [0.2, 0.25) is 0 Å². The van der Waals surface area contributed by atoms with Gasteiger partial charge in [0.25, 0.3) is 0 Å². The minimum absolute atomic E-state index is 0. The van der Waals surface area contributed by atoms with Gasteiger partial charge in [0.15, 0.2) is 0 Å². The number of hydrogen-bond donors (Lipinski definition) is 5. The standard InChI is InChI=1S/C19H24O5.H2O2.H2O.H2/c1-12-4-15(9-21)18(22)16(5-12)10-24-11-17-7-14(8-20)6-13(2)19(17)23-3;1-2;;/h4-7,20-22H,8-11H2,1-3H3;1-2H;1H2;1H/i;;;1+1. The monoisotopic (exact) mass is 387 g/mol. The van der Waals surface area contributed by atoms with Crippen LogP contribution in [0, 0.1) is 13.8 Å². The molecule has 8 heteroatoms. The maximum atomic E-state index is 10.1. The smallest absolute Gasteiger partial charge is 0.127 e. The quantitative estimate of drug-likeness (QED) is 0.361. The number of aliphatic hydroxyl groups excluding tert-OH is 2. The summed E-state index contributed by atoms with van der Waals surface area (Å²) in [7, 11) is 1.60. The number of benzene rings is 2. The second kappa shape index (κ2) is 12.2. The minimum Gasteiger partial charge on any atom is -0.507 e. The predicted molar refractivity (Wildman–Crippen MR) is 102 cm³/mol. The molecule has 0 saturated carbocycles. The van der Waals surface area contributed by atoms with Crippen LogP contribution in [0.5, 0.6) is 11.5 Å². The van der Waals surface area contributed by atoms with E-state index in [0.29, 0.717) is 17.7 Å². The lowest BCUT2D eigenvalue weighted by Crippen LogP contribution is -2.02. The Morgan fingerprint density at radius 2 is 1.48 bits per heavy atom. The van der Waals surface area contributed by atoms with Crippen LogP contribution in [-0.4, -0.2) is 38.4 Å². The third-order valence-electron chi connectivity index (χ3n) is 3.90. The molecular weight excluding hydrogens is 356 g/mol. The molecule has 2 rings (SSSR count). The summed E-state index contributed by atoms with van der Waals surface area (Å²) in [5, 5.41) is 40.8. The molecule has 0 heterocycles. The first kappa shape index (κ1) is 24.8. The van der Waals surface area contributed by atoms with Crippen LogP contribution in [0.1, 0.15) is 34.8 Å². The number of aliphatic hydroxyl groups is 2. The van der Waals surface area contributed by atoms with Crippen LogP contribution < -0.4 is 4.74 Å². The molecule has 0 fully saturated rings. The topological polar surface area (TPSA) is 151 Å². The number of rotatable bonds is 7. The molecule has 7 N–H and O–H groups in total. The molecule has 2 aromatic carbocycles. The van der Waals surface area contributed by atoms with E-state index in [-0.39, 0.29) is 32.5 Å². The molecular formula is C19H30O8. The van der Waals surface area contributed by atoms with Gasteiger partial charge in [0.05, 0.1) is 33.5 Å². The molecule has 27 heavy (non-hydrogen) atoms. The van der Waals surface area contributed by atoms with Crippen molar-refractivity contribution in [2.45, 2.75) is 40.3 Å². The molecule has 0 spiro atoms. The zero-order valence-corrected chi connectivity index (χ0v) is 15.7. The average Bonchev–Trinajstić information content (AvgIpc) is 2.65. The second-order valence-electron chi connectivity index (χ2n) is 5.85. The highest BCUT2D eigenvalue weighted by Gasteiger charge is 2.11. The van der Waals surface area contributed by atoms with Crippen molar-refractivity contribution in [3.05, 3.63) is 57.6 Å². The van der Waals surface area contributed by atoms with Gasteiger partial charge in [-0.25, -0.2) is 0 Å². The molecule has 0 aliphatic heterocycles. The normalized spacial score (nSPS) is 9.89. The SMILES string of the molecule is COc1c(C)cc(CO)cc1COCc1cc(C)cc(CO)c1O.O.OO.[2HH]. The molecule has 0 aliphatic carbocycles. The molecule has 2 aromatic rings. The summed E-state index contributed by atoms with van der Waals surface area (Å²) in [4.78, 5) is 0. The van der Waals surface area contributed by atoms with Gasteiger partial charge in [-0.1, -0.05) is 23.8 Å². The fourth-order valence-corrected chi connectivity index (χ4v) is 2.85. The first-order valence-corrected chi connectivity index (χ1v) is 7.97. The Kier molecular flexibility index (Phi) is 11.2. The predicted octanol–water partition coefficient (Wildman–Crippen LogP) is 2.16. The highest BCUT2D eigenvalue weighted by Crippen LogP contribution is 2.28. The van der Waals surface area contributed by atoms with Crippen molar-refractivity contribution >= 4 is 0 Å². The summed E-state index contributed by atoms with van der Waals surface area (Å²) in [6, 6.07) is 7.31. The van der Waals surface area contributed by atoms with Gasteiger partial charge in [-0.15, -0.1) is 0 Å². The van der Waals surface area contributed by atoms with Crippen LogP contribution in [0.25, 0.3) is 0 Å².